The molecule has 3 aromatic carbocycles. The molecule has 0 aromatic heterocycles. The number of rotatable bonds is 11. The number of hydrogen-bond donors (Lipinski definition) is 0. The fourth-order valence-corrected chi connectivity index (χ4v) is 5.68. The zero-order chi connectivity index (χ0) is 25.8. The molecular formula is C30H36Cl2O3S. The summed E-state index contributed by atoms with van der Waals surface area (Å²) in [5.74, 6) is 2.45. The summed E-state index contributed by atoms with van der Waals surface area (Å²) in [7, 11) is 0. The number of halogens is 2. The van der Waals surface area contributed by atoms with Gasteiger partial charge in [-0.1, -0.05) is 103 Å². The van der Waals surface area contributed by atoms with Crippen LogP contribution in [0, 0.1) is 0 Å². The molecule has 6 heteroatoms. The number of ether oxygens (including phenoxy) is 2. The van der Waals surface area contributed by atoms with Gasteiger partial charge in [-0.2, -0.15) is 0 Å². The summed E-state index contributed by atoms with van der Waals surface area (Å²) in [5, 5.41) is 1.69. The fourth-order valence-electron chi connectivity index (χ4n) is 4.04. The van der Waals surface area contributed by atoms with E-state index in [1.165, 1.54) is 37.7 Å². The third-order valence-corrected chi connectivity index (χ3v) is 8.47. The van der Waals surface area contributed by atoms with Gasteiger partial charge in [0.15, 0.2) is 11.5 Å². The molecule has 0 aliphatic carbocycles. The van der Waals surface area contributed by atoms with Crippen molar-refractivity contribution in [1.82, 2.24) is 0 Å². The second-order valence-electron chi connectivity index (χ2n) is 9.04. The fraction of sp³-hybridized carbons (Fsp3) is 0.400. The van der Waals surface area contributed by atoms with Crippen LogP contribution in [0.2, 0.25) is 10.0 Å². The third-order valence-electron chi connectivity index (χ3n) is 6.14. The monoisotopic (exact) mass is 546 g/mol. The molecule has 0 bridgehead atoms. The molecular weight excluding hydrogens is 511 g/mol. The molecule has 1 aliphatic heterocycles. The van der Waals surface area contributed by atoms with Gasteiger partial charge in [0.1, 0.15) is 11.0 Å². The first kappa shape index (κ1) is 28.7. The van der Waals surface area contributed by atoms with E-state index in [1.807, 2.05) is 66.7 Å². The lowest BCUT2D eigenvalue weighted by atomic mass is 10.1. The maximum Gasteiger partial charge on any atom is 0.231 e. The van der Waals surface area contributed by atoms with Crippen LogP contribution in [-0.4, -0.2) is 22.3 Å². The van der Waals surface area contributed by atoms with Gasteiger partial charge >= 0.3 is 0 Å². The van der Waals surface area contributed by atoms with Gasteiger partial charge in [0.25, 0.3) is 0 Å². The Kier molecular flexibility index (Phi) is 12.3. The molecule has 194 valence electrons. The molecule has 0 saturated carbocycles. The van der Waals surface area contributed by atoms with Gasteiger partial charge in [-0.3, -0.25) is 0 Å². The molecule has 4 rings (SSSR count). The standard InChI is InChI=1S/C18H28O3S.C12H8Cl2/c1-3-4-5-6-7-8-11-22(19)15(2)12-16-9-10-17-18(13-16)21-14-20-17;13-10-7-5-9(6-8-10)11-3-1-2-4-12(11)14/h9-10,13,15H,3-8,11-12,14H2,1-2H3;1-8H. The second kappa shape index (κ2) is 15.4. The van der Waals surface area contributed by atoms with Gasteiger partial charge < -0.3 is 14.0 Å². The first-order valence-corrected chi connectivity index (χ1v) is 14.9. The summed E-state index contributed by atoms with van der Waals surface area (Å²) in [6.45, 7) is 4.61. The molecule has 2 atom stereocenters. The molecule has 36 heavy (non-hydrogen) atoms. The van der Waals surface area contributed by atoms with Gasteiger partial charge in [0, 0.05) is 22.0 Å². The maximum atomic E-state index is 12.3. The Morgan fingerprint density at radius 1 is 0.861 bits per heavy atom. The van der Waals surface area contributed by atoms with Crippen molar-refractivity contribution in [3.63, 3.8) is 0 Å². The number of benzene rings is 3. The van der Waals surface area contributed by atoms with Crippen LogP contribution in [-0.2, 0) is 17.6 Å². The third kappa shape index (κ3) is 9.23. The van der Waals surface area contributed by atoms with Crippen molar-refractivity contribution in [1.29, 1.82) is 0 Å². The van der Waals surface area contributed by atoms with E-state index in [0.717, 1.165) is 51.3 Å². The SMILES string of the molecule is CCCCCCCC[S+]([O-])C(C)Cc1ccc2c(c1)OCO2.Clc1ccc(-c2ccccc2Cl)cc1. The Balaban J connectivity index is 0.000000221. The van der Waals surface area contributed by atoms with Gasteiger partial charge in [-0.25, -0.2) is 0 Å². The van der Waals surface area contributed by atoms with Crippen LogP contribution >= 0.6 is 23.2 Å². The molecule has 1 heterocycles. The highest BCUT2D eigenvalue weighted by Crippen LogP contribution is 2.33. The van der Waals surface area contributed by atoms with E-state index in [-0.39, 0.29) is 5.25 Å². The maximum absolute atomic E-state index is 12.3. The molecule has 0 N–H and O–H groups in total. The van der Waals surface area contributed by atoms with Crippen molar-refractivity contribution in [2.45, 2.75) is 64.0 Å². The topological polar surface area (TPSA) is 41.5 Å². The molecule has 1 aliphatic rings. The highest BCUT2D eigenvalue weighted by Gasteiger charge is 2.19. The Hall–Kier alpha value is -1.85. The average Bonchev–Trinajstić information content (AvgIpc) is 3.35. The number of unbranched alkanes of at least 4 members (excludes halogenated alkanes) is 5. The minimum absolute atomic E-state index is 0.191. The van der Waals surface area contributed by atoms with E-state index in [2.05, 4.69) is 13.8 Å². The molecule has 0 spiro atoms. The minimum atomic E-state index is -0.743. The summed E-state index contributed by atoms with van der Waals surface area (Å²) in [4.78, 5) is 0. The van der Waals surface area contributed by atoms with Crippen LogP contribution in [0.1, 0.15) is 57.9 Å². The van der Waals surface area contributed by atoms with Gasteiger partial charge in [0.05, 0.1) is 0 Å². The van der Waals surface area contributed by atoms with Crippen LogP contribution in [0.25, 0.3) is 11.1 Å². The van der Waals surface area contributed by atoms with Crippen molar-refractivity contribution < 1.29 is 14.0 Å². The summed E-state index contributed by atoms with van der Waals surface area (Å²) in [5.41, 5.74) is 3.29. The summed E-state index contributed by atoms with van der Waals surface area (Å²) < 4.78 is 23.0. The Morgan fingerprint density at radius 3 is 2.31 bits per heavy atom. The van der Waals surface area contributed by atoms with Crippen LogP contribution in [0.15, 0.2) is 66.7 Å². The van der Waals surface area contributed by atoms with E-state index >= 15 is 0 Å². The van der Waals surface area contributed by atoms with Crippen molar-refractivity contribution in [2.24, 2.45) is 0 Å². The minimum Gasteiger partial charge on any atom is -0.616 e. The van der Waals surface area contributed by atoms with Gasteiger partial charge in [-0.05, 0) is 61.2 Å². The van der Waals surface area contributed by atoms with Crippen LogP contribution < -0.4 is 9.47 Å². The molecule has 0 radical (unpaired) electrons. The molecule has 3 nitrogen and oxygen atoms in total. The summed E-state index contributed by atoms with van der Waals surface area (Å²) >= 11 is 11.1. The summed E-state index contributed by atoms with van der Waals surface area (Å²) in [6.07, 6.45) is 8.32. The first-order valence-electron chi connectivity index (χ1n) is 12.7. The quantitative estimate of drug-likeness (QED) is 0.178. The first-order chi connectivity index (χ1) is 17.5. The van der Waals surface area contributed by atoms with Crippen molar-refractivity contribution >= 4 is 34.4 Å². The smallest absolute Gasteiger partial charge is 0.231 e. The van der Waals surface area contributed by atoms with Gasteiger partial charge in [-0.15, -0.1) is 0 Å². The van der Waals surface area contributed by atoms with Crippen LogP contribution in [0.3, 0.4) is 0 Å². The normalized spacial score (nSPS) is 13.6. The van der Waals surface area contributed by atoms with Crippen molar-refractivity contribution in [3.8, 4) is 22.6 Å². The van der Waals surface area contributed by atoms with E-state index in [4.69, 9.17) is 32.7 Å². The lowest BCUT2D eigenvalue weighted by molar-refractivity contribution is 0.174. The van der Waals surface area contributed by atoms with Gasteiger partial charge in [0.2, 0.25) is 6.79 Å². The van der Waals surface area contributed by atoms with Crippen molar-refractivity contribution in [3.05, 3.63) is 82.3 Å². The predicted molar refractivity (Wildman–Crippen MR) is 154 cm³/mol. The zero-order valence-electron chi connectivity index (χ0n) is 21.2. The number of hydrogen-bond acceptors (Lipinski definition) is 3. The number of fused-ring (bicyclic) bond motifs is 1. The molecule has 3 aromatic rings. The largest absolute Gasteiger partial charge is 0.616 e. The van der Waals surface area contributed by atoms with E-state index in [9.17, 15) is 4.55 Å². The van der Waals surface area contributed by atoms with E-state index < -0.39 is 11.2 Å². The Bertz CT molecular complexity index is 1060. The molecule has 2 unspecified atom stereocenters. The average molecular weight is 548 g/mol. The highest BCUT2D eigenvalue weighted by molar-refractivity contribution is 7.91. The van der Waals surface area contributed by atoms with Crippen LogP contribution in [0.4, 0.5) is 0 Å². The highest BCUT2D eigenvalue weighted by atomic mass is 35.5. The molecule has 0 fully saturated rings. The molecule has 0 amide bonds. The zero-order valence-corrected chi connectivity index (χ0v) is 23.5. The van der Waals surface area contributed by atoms with Crippen molar-refractivity contribution in [2.75, 3.05) is 12.5 Å². The lowest BCUT2D eigenvalue weighted by Crippen LogP contribution is -2.23. The predicted octanol–water partition coefficient (Wildman–Crippen LogP) is 9.12. The lowest BCUT2D eigenvalue weighted by Gasteiger charge is -2.18. The Morgan fingerprint density at radius 2 is 1.56 bits per heavy atom. The van der Waals surface area contributed by atoms with E-state index in [0.29, 0.717) is 6.79 Å². The van der Waals surface area contributed by atoms with Crippen LogP contribution in [0.5, 0.6) is 11.5 Å². The molecule has 0 saturated heterocycles. The van der Waals surface area contributed by atoms with E-state index in [1.54, 1.807) is 0 Å². The second-order valence-corrected chi connectivity index (χ2v) is 11.9. The summed E-state index contributed by atoms with van der Waals surface area (Å²) in [6, 6.07) is 21.4. The Labute approximate surface area is 229 Å².